The zero-order valence-electron chi connectivity index (χ0n) is 9.61. The summed E-state index contributed by atoms with van der Waals surface area (Å²) in [5.41, 5.74) is 0.770. The summed E-state index contributed by atoms with van der Waals surface area (Å²) in [5.74, 6) is 1.29. The van der Waals surface area contributed by atoms with Crippen LogP contribution in [-0.4, -0.2) is 35.5 Å². The second-order valence-electron chi connectivity index (χ2n) is 4.53. The minimum Gasteiger partial charge on any atom is -0.377 e. The van der Waals surface area contributed by atoms with E-state index in [-0.39, 0.29) is 5.54 Å². The Bertz CT molecular complexity index is 353. The Labute approximate surface area is 101 Å². The zero-order chi connectivity index (χ0) is 11.6. The first kappa shape index (κ1) is 11.6. The molecule has 88 valence electrons. The van der Waals surface area contributed by atoms with Gasteiger partial charge in [-0.3, -0.25) is 0 Å². The smallest absolute Gasteiger partial charge is 0.151 e. The molecule has 1 saturated heterocycles. The molecule has 1 aromatic rings. The molecular weight excluding hydrogens is 226 g/mol. The van der Waals surface area contributed by atoms with Gasteiger partial charge in [0.25, 0.3) is 0 Å². The van der Waals surface area contributed by atoms with Crippen molar-refractivity contribution in [2.45, 2.75) is 25.3 Å². The monoisotopic (exact) mass is 241 g/mol. The number of morpholine rings is 1. The van der Waals surface area contributed by atoms with E-state index in [1.54, 1.807) is 0 Å². The van der Waals surface area contributed by atoms with Crippen molar-refractivity contribution in [1.82, 2.24) is 10.2 Å². The van der Waals surface area contributed by atoms with Crippen molar-refractivity contribution in [2.75, 3.05) is 24.7 Å². The van der Waals surface area contributed by atoms with Crippen LogP contribution in [0.15, 0.2) is 12.1 Å². The Hall–Kier alpha value is -0.870. The molecule has 5 heteroatoms. The van der Waals surface area contributed by atoms with Gasteiger partial charge < -0.3 is 9.64 Å². The zero-order valence-corrected chi connectivity index (χ0v) is 10.4. The van der Waals surface area contributed by atoms with Crippen molar-refractivity contribution < 1.29 is 4.74 Å². The first-order valence-electron chi connectivity index (χ1n) is 5.37. The van der Waals surface area contributed by atoms with Crippen molar-refractivity contribution in [3.63, 3.8) is 0 Å². The van der Waals surface area contributed by atoms with Gasteiger partial charge in [0.05, 0.1) is 30.3 Å². The van der Waals surface area contributed by atoms with Crippen LogP contribution in [0.25, 0.3) is 0 Å². The molecule has 1 aromatic heterocycles. The lowest BCUT2D eigenvalue weighted by molar-refractivity contribution is 0.0638. The molecule has 0 bridgehead atoms. The Morgan fingerprint density at radius 3 is 2.81 bits per heavy atom. The SMILES string of the molecule is CC1(C)COCCN1c1ccc(CCl)nn1. The largest absolute Gasteiger partial charge is 0.377 e. The van der Waals surface area contributed by atoms with Gasteiger partial charge >= 0.3 is 0 Å². The molecule has 0 aromatic carbocycles. The lowest BCUT2D eigenvalue weighted by Gasteiger charge is -2.42. The predicted octanol–water partition coefficient (Wildman–Crippen LogP) is 1.83. The number of alkyl halides is 1. The number of anilines is 1. The fourth-order valence-corrected chi connectivity index (χ4v) is 1.99. The van der Waals surface area contributed by atoms with Crippen molar-refractivity contribution in [3.05, 3.63) is 17.8 Å². The van der Waals surface area contributed by atoms with E-state index in [9.17, 15) is 0 Å². The van der Waals surface area contributed by atoms with E-state index in [0.29, 0.717) is 12.5 Å². The van der Waals surface area contributed by atoms with Crippen LogP contribution in [0, 0.1) is 0 Å². The molecule has 0 saturated carbocycles. The summed E-state index contributed by atoms with van der Waals surface area (Å²) in [6.45, 7) is 6.59. The van der Waals surface area contributed by atoms with Gasteiger partial charge in [0, 0.05) is 6.54 Å². The van der Waals surface area contributed by atoms with E-state index in [1.807, 2.05) is 12.1 Å². The summed E-state index contributed by atoms with van der Waals surface area (Å²) < 4.78 is 5.47. The summed E-state index contributed by atoms with van der Waals surface area (Å²) in [4.78, 5) is 2.22. The number of hydrogen-bond donors (Lipinski definition) is 0. The van der Waals surface area contributed by atoms with Gasteiger partial charge in [0.1, 0.15) is 0 Å². The molecular formula is C11H16ClN3O. The van der Waals surface area contributed by atoms with Crippen LogP contribution >= 0.6 is 11.6 Å². The van der Waals surface area contributed by atoms with Gasteiger partial charge in [-0.15, -0.1) is 16.7 Å². The maximum absolute atomic E-state index is 5.68. The van der Waals surface area contributed by atoms with Crippen LogP contribution in [-0.2, 0) is 10.6 Å². The van der Waals surface area contributed by atoms with Gasteiger partial charge in [0.15, 0.2) is 5.82 Å². The molecule has 0 unspecified atom stereocenters. The highest BCUT2D eigenvalue weighted by molar-refractivity contribution is 6.16. The number of hydrogen-bond acceptors (Lipinski definition) is 4. The van der Waals surface area contributed by atoms with E-state index >= 15 is 0 Å². The maximum atomic E-state index is 5.68. The minimum atomic E-state index is -0.0323. The molecule has 2 rings (SSSR count). The average Bonchev–Trinajstić information content (AvgIpc) is 2.29. The van der Waals surface area contributed by atoms with E-state index in [0.717, 1.165) is 24.7 Å². The number of ether oxygens (including phenoxy) is 1. The maximum Gasteiger partial charge on any atom is 0.151 e. The fraction of sp³-hybridized carbons (Fsp3) is 0.636. The van der Waals surface area contributed by atoms with Crippen LogP contribution in [0.5, 0.6) is 0 Å². The third kappa shape index (κ3) is 2.28. The molecule has 16 heavy (non-hydrogen) atoms. The van der Waals surface area contributed by atoms with Gasteiger partial charge in [-0.05, 0) is 26.0 Å². The molecule has 1 aliphatic rings. The highest BCUT2D eigenvalue weighted by Crippen LogP contribution is 2.24. The first-order chi connectivity index (χ1) is 7.63. The second kappa shape index (κ2) is 4.55. The number of aromatic nitrogens is 2. The Morgan fingerprint density at radius 1 is 1.44 bits per heavy atom. The van der Waals surface area contributed by atoms with Gasteiger partial charge in [-0.2, -0.15) is 5.10 Å². The number of nitrogens with zero attached hydrogens (tertiary/aromatic N) is 3. The van der Waals surface area contributed by atoms with Crippen molar-refractivity contribution >= 4 is 17.4 Å². The molecule has 0 N–H and O–H groups in total. The minimum absolute atomic E-state index is 0.0323. The van der Waals surface area contributed by atoms with Gasteiger partial charge in [0.2, 0.25) is 0 Å². The highest BCUT2D eigenvalue weighted by atomic mass is 35.5. The third-order valence-electron chi connectivity index (χ3n) is 2.76. The van der Waals surface area contributed by atoms with Crippen LogP contribution in [0.2, 0.25) is 0 Å². The average molecular weight is 242 g/mol. The van der Waals surface area contributed by atoms with Crippen LogP contribution < -0.4 is 4.90 Å². The molecule has 0 atom stereocenters. The lowest BCUT2D eigenvalue weighted by atomic mass is 10.0. The number of rotatable bonds is 2. The van der Waals surface area contributed by atoms with E-state index in [1.165, 1.54) is 0 Å². The molecule has 0 radical (unpaired) electrons. The van der Waals surface area contributed by atoms with Crippen LogP contribution in [0.1, 0.15) is 19.5 Å². The van der Waals surface area contributed by atoms with Crippen molar-refractivity contribution in [1.29, 1.82) is 0 Å². The number of halogens is 1. The van der Waals surface area contributed by atoms with Crippen molar-refractivity contribution in [2.24, 2.45) is 0 Å². The van der Waals surface area contributed by atoms with Crippen LogP contribution in [0.3, 0.4) is 0 Å². The lowest BCUT2D eigenvalue weighted by Crippen LogP contribution is -2.53. The summed E-state index contributed by atoms with van der Waals surface area (Å²) >= 11 is 5.68. The molecule has 0 aliphatic carbocycles. The topological polar surface area (TPSA) is 38.2 Å². The van der Waals surface area contributed by atoms with E-state index < -0.39 is 0 Å². The molecule has 2 heterocycles. The summed E-state index contributed by atoms with van der Waals surface area (Å²) in [6, 6.07) is 3.89. The second-order valence-corrected chi connectivity index (χ2v) is 4.80. The quantitative estimate of drug-likeness (QED) is 0.741. The summed E-state index contributed by atoms with van der Waals surface area (Å²) in [5, 5.41) is 8.28. The third-order valence-corrected chi connectivity index (χ3v) is 3.04. The molecule has 4 nitrogen and oxygen atoms in total. The highest BCUT2D eigenvalue weighted by Gasteiger charge is 2.31. The van der Waals surface area contributed by atoms with E-state index in [4.69, 9.17) is 16.3 Å². The Balaban J connectivity index is 2.21. The molecule has 0 spiro atoms. The van der Waals surface area contributed by atoms with Gasteiger partial charge in [-0.1, -0.05) is 0 Å². The summed E-state index contributed by atoms with van der Waals surface area (Å²) in [7, 11) is 0. The first-order valence-corrected chi connectivity index (χ1v) is 5.91. The van der Waals surface area contributed by atoms with Crippen LogP contribution in [0.4, 0.5) is 5.82 Å². The van der Waals surface area contributed by atoms with E-state index in [2.05, 4.69) is 28.9 Å². The van der Waals surface area contributed by atoms with Gasteiger partial charge in [-0.25, -0.2) is 0 Å². The molecule has 1 aliphatic heterocycles. The predicted molar refractivity (Wildman–Crippen MR) is 63.8 cm³/mol. The Morgan fingerprint density at radius 2 is 2.25 bits per heavy atom. The molecule has 1 fully saturated rings. The normalized spacial score (nSPS) is 19.8. The standard InChI is InChI=1S/C11H16ClN3O/c1-11(2)8-16-6-5-15(11)10-4-3-9(7-12)13-14-10/h3-4H,5-8H2,1-2H3. The van der Waals surface area contributed by atoms with Crippen molar-refractivity contribution in [3.8, 4) is 0 Å². The summed E-state index contributed by atoms with van der Waals surface area (Å²) in [6.07, 6.45) is 0. The fourth-order valence-electron chi connectivity index (χ4n) is 1.85. The Kier molecular flexibility index (Phi) is 3.30. The molecule has 0 amide bonds.